The highest BCUT2D eigenvalue weighted by molar-refractivity contribution is 5.81. The van der Waals surface area contributed by atoms with Crippen molar-refractivity contribution < 1.29 is 4.79 Å². The molecular weight excluding hydrogens is 226 g/mol. The summed E-state index contributed by atoms with van der Waals surface area (Å²) in [6, 6.07) is -0.300. The zero-order chi connectivity index (χ0) is 13.8. The number of piperazine rings is 1. The molecule has 106 valence electrons. The molecule has 4 heteroatoms. The summed E-state index contributed by atoms with van der Waals surface area (Å²) in [7, 11) is 0. The minimum Gasteiger partial charge on any atom is -0.339 e. The Balaban J connectivity index is 2.40. The predicted molar refractivity (Wildman–Crippen MR) is 75.4 cm³/mol. The third kappa shape index (κ3) is 4.25. The average molecular weight is 255 g/mol. The van der Waals surface area contributed by atoms with Gasteiger partial charge < -0.3 is 10.6 Å². The van der Waals surface area contributed by atoms with E-state index in [-0.39, 0.29) is 17.5 Å². The molecule has 2 N–H and O–H groups in total. The average Bonchev–Trinajstić information content (AvgIpc) is 2.34. The molecule has 0 spiro atoms. The number of amides is 1. The molecule has 1 atom stereocenters. The lowest BCUT2D eigenvalue weighted by Gasteiger charge is -2.42. The molecule has 1 fully saturated rings. The number of carbonyl (C=O) groups excluding carboxylic acids is 1. The summed E-state index contributed by atoms with van der Waals surface area (Å²) in [4.78, 5) is 16.5. The van der Waals surface area contributed by atoms with Crippen molar-refractivity contribution in [1.82, 2.24) is 9.80 Å². The molecular formula is C14H29N3O. The highest BCUT2D eigenvalue weighted by Crippen LogP contribution is 2.16. The molecule has 0 aromatic rings. The van der Waals surface area contributed by atoms with Crippen LogP contribution in [-0.2, 0) is 4.79 Å². The summed E-state index contributed by atoms with van der Waals surface area (Å²) < 4.78 is 0. The van der Waals surface area contributed by atoms with E-state index in [9.17, 15) is 4.79 Å². The zero-order valence-electron chi connectivity index (χ0n) is 12.4. The fourth-order valence-electron chi connectivity index (χ4n) is 2.38. The van der Waals surface area contributed by atoms with E-state index in [0.717, 1.165) is 45.4 Å². The van der Waals surface area contributed by atoms with Crippen molar-refractivity contribution >= 4 is 5.91 Å². The van der Waals surface area contributed by atoms with Crippen LogP contribution in [-0.4, -0.2) is 53.5 Å². The van der Waals surface area contributed by atoms with Crippen molar-refractivity contribution in [2.45, 2.75) is 58.5 Å². The van der Waals surface area contributed by atoms with Crippen LogP contribution >= 0.6 is 0 Å². The Bertz CT molecular complexity index is 265. The van der Waals surface area contributed by atoms with Crippen LogP contribution in [0.2, 0.25) is 0 Å². The van der Waals surface area contributed by atoms with E-state index in [1.807, 2.05) is 4.90 Å². The monoisotopic (exact) mass is 255 g/mol. The Morgan fingerprint density at radius 1 is 1.22 bits per heavy atom. The van der Waals surface area contributed by atoms with E-state index in [1.165, 1.54) is 0 Å². The van der Waals surface area contributed by atoms with Crippen molar-refractivity contribution in [3.8, 4) is 0 Å². The summed E-state index contributed by atoms with van der Waals surface area (Å²) in [5.74, 6) is 0.136. The Kier molecular flexibility index (Phi) is 5.60. The Morgan fingerprint density at radius 2 is 1.78 bits per heavy atom. The van der Waals surface area contributed by atoms with E-state index < -0.39 is 0 Å². The standard InChI is InChI=1S/C14H29N3O/c1-5-6-7-12(15)13(18)16-8-10-17(11-9-16)14(2,3)4/h12H,5-11,15H2,1-4H3/t12-/m0/s1. The second-order valence-electron chi connectivity index (χ2n) is 6.23. The molecule has 0 unspecified atom stereocenters. The molecule has 0 bridgehead atoms. The Labute approximate surface area is 111 Å². The first-order chi connectivity index (χ1) is 8.36. The maximum atomic E-state index is 12.1. The molecule has 0 aliphatic carbocycles. The minimum absolute atomic E-state index is 0.136. The van der Waals surface area contributed by atoms with Gasteiger partial charge in [-0.25, -0.2) is 0 Å². The molecule has 1 aliphatic heterocycles. The van der Waals surface area contributed by atoms with Crippen molar-refractivity contribution in [3.63, 3.8) is 0 Å². The Hall–Kier alpha value is -0.610. The van der Waals surface area contributed by atoms with Crippen LogP contribution in [0.25, 0.3) is 0 Å². The molecule has 1 rings (SSSR count). The maximum absolute atomic E-state index is 12.1. The van der Waals surface area contributed by atoms with E-state index in [2.05, 4.69) is 32.6 Å². The van der Waals surface area contributed by atoms with Gasteiger partial charge in [-0.05, 0) is 27.2 Å². The SMILES string of the molecule is CCCC[C@H](N)C(=O)N1CCN(C(C)(C)C)CC1. The van der Waals surface area contributed by atoms with Crippen LogP contribution in [0.3, 0.4) is 0 Å². The van der Waals surface area contributed by atoms with E-state index >= 15 is 0 Å². The molecule has 18 heavy (non-hydrogen) atoms. The molecule has 0 saturated carbocycles. The molecule has 1 amide bonds. The van der Waals surface area contributed by atoms with Gasteiger partial charge in [-0.1, -0.05) is 19.8 Å². The first kappa shape index (κ1) is 15.4. The quantitative estimate of drug-likeness (QED) is 0.827. The molecule has 1 heterocycles. The lowest BCUT2D eigenvalue weighted by atomic mass is 10.0. The van der Waals surface area contributed by atoms with Gasteiger partial charge in [-0.3, -0.25) is 9.69 Å². The van der Waals surface area contributed by atoms with Gasteiger partial charge in [-0.2, -0.15) is 0 Å². The Morgan fingerprint density at radius 3 is 2.22 bits per heavy atom. The van der Waals surface area contributed by atoms with Crippen LogP contribution in [0.4, 0.5) is 0 Å². The van der Waals surface area contributed by atoms with Gasteiger partial charge in [0.05, 0.1) is 6.04 Å². The largest absolute Gasteiger partial charge is 0.339 e. The summed E-state index contributed by atoms with van der Waals surface area (Å²) in [5, 5.41) is 0. The topological polar surface area (TPSA) is 49.6 Å². The van der Waals surface area contributed by atoms with Gasteiger partial charge in [0.25, 0.3) is 0 Å². The fourth-order valence-corrected chi connectivity index (χ4v) is 2.38. The van der Waals surface area contributed by atoms with E-state index in [4.69, 9.17) is 5.73 Å². The maximum Gasteiger partial charge on any atom is 0.239 e. The van der Waals surface area contributed by atoms with Crippen molar-refractivity contribution in [1.29, 1.82) is 0 Å². The highest BCUT2D eigenvalue weighted by atomic mass is 16.2. The number of hydrogen-bond donors (Lipinski definition) is 1. The smallest absolute Gasteiger partial charge is 0.239 e. The number of carbonyl (C=O) groups is 1. The number of nitrogens with two attached hydrogens (primary N) is 1. The second kappa shape index (κ2) is 6.53. The van der Waals surface area contributed by atoms with Crippen molar-refractivity contribution in [3.05, 3.63) is 0 Å². The van der Waals surface area contributed by atoms with E-state index in [0.29, 0.717) is 0 Å². The highest BCUT2D eigenvalue weighted by Gasteiger charge is 2.29. The first-order valence-corrected chi connectivity index (χ1v) is 7.15. The van der Waals surface area contributed by atoms with Crippen LogP contribution in [0.15, 0.2) is 0 Å². The summed E-state index contributed by atoms with van der Waals surface area (Å²) in [6.45, 7) is 12.3. The molecule has 0 aromatic heterocycles. The number of nitrogens with zero attached hydrogens (tertiary/aromatic N) is 2. The first-order valence-electron chi connectivity index (χ1n) is 7.15. The number of hydrogen-bond acceptors (Lipinski definition) is 3. The van der Waals surface area contributed by atoms with Crippen LogP contribution in [0.5, 0.6) is 0 Å². The summed E-state index contributed by atoms with van der Waals surface area (Å²) >= 11 is 0. The van der Waals surface area contributed by atoms with Gasteiger partial charge in [0, 0.05) is 31.7 Å². The number of rotatable bonds is 4. The predicted octanol–water partition coefficient (Wildman–Crippen LogP) is 1.45. The third-order valence-electron chi connectivity index (χ3n) is 3.73. The molecule has 0 radical (unpaired) electrons. The molecule has 0 aromatic carbocycles. The second-order valence-corrected chi connectivity index (χ2v) is 6.23. The summed E-state index contributed by atoms with van der Waals surface area (Å²) in [6.07, 6.45) is 2.95. The van der Waals surface area contributed by atoms with Gasteiger partial charge in [0.15, 0.2) is 0 Å². The minimum atomic E-state index is -0.300. The molecule has 4 nitrogen and oxygen atoms in total. The van der Waals surface area contributed by atoms with Gasteiger partial charge in [0.1, 0.15) is 0 Å². The van der Waals surface area contributed by atoms with E-state index in [1.54, 1.807) is 0 Å². The van der Waals surface area contributed by atoms with Gasteiger partial charge in [-0.15, -0.1) is 0 Å². The lowest BCUT2D eigenvalue weighted by molar-refractivity contribution is -0.135. The number of unbranched alkanes of at least 4 members (excludes halogenated alkanes) is 1. The molecule has 1 saturated heterocycles. The summed E-state index contributed by atoms with van der Waals surface area (Å²) in [5.41, 5.74) is 6.14. The van der Waals surface area contributed by atoms with Gasteiger partial charge >= 0.3 is 0 Å². The van der Waals surface area contributed by atoms with Gasteiger partial charge in [0.2, 0.25) is 5.91 Å². The normalized spacial score (nSPS) is 19.9. The zero-order valence-corrected chi connectivity index (χ0v) is 12.4. The van der Waals surface area contributed by atoms with Crippen LogP contribution in [0.1, 0.15) is 47.0 Å². The third-order valence-corrected chi connectivity index (χ3v) is 3.73. The van der Waals surface area contributed by atoms with Crippen molar-refractivity contribution in [2.24, 2.45) is 5.73 Å². The van der Waals surface area contributed by atoms with Crippen LogP contribution in [0, 0.1) is 0 Å². The lowest BCUT2D eigenvalue weighted by Crippen LogP contribution is -2.57. The molecule has 1 aliphatic rings. The fraction of sp³-hybridized carbons (Fsp3) is 0.929. The van der Waals surface area contributed by atoms with Crippen LogP contribution < -0.4 is 5.73 Å². The van der Waals surface area contributed by atoms with Crippen molar-refractivity contribution in [2.75, 3.05) is 26.2 Å².